The number of hydrogen-bond donors (Lipinski definition) is 0. The Kier molecular flexibility index (Phi) is 3.29. The Hall–Kier alpha value is 0.550. The van der Waals surface area contributed by atoms with E-state index in [0.29, 0.717) is 4.50 Å². The Morgan fingerprint density at radius 1 is 2.00 bits per heavy atom. The van der Waals surface area contributed by atoms with Crippen LogP contribution in [0.4, 0.5) is 4.39 Å². The maximum Gasteiger partial charge on any atom is 0.176 e. The predicted molar refractivity (Wildman–Crippen MR) is 46.0 cm³/mol. The second kappa shape index (κ2) is 3.80. The number of halogens is 2. The second-order valence-electron chi connectivity index (χ2n) is 1.58. The molecule has 0 saturated carbocycles. The van der Waals surface area contributed by atoms with E-state index in [-0.39, 0.29) is 0 Å². The van der Waals surface area contributed by atoms with Gasteiger partial charge >= 0.3 is 0 Å². The van der Waals surface area contributed by atoms with Gasteiger partial charge in [0.1, 0.15) is 6.67 Å². The van der Waals surface area contributed by atoms with Crippen molar-refractivity contribution in [3.05, 3.63) is 0 Å². The highest BCUT2D eigenvalue weighted by Gasteiger charge is 2.25. The van der Waals surface area contributed by atoms with Gasteiger partial charge in [0, 0.05) is 11.9 Å². The average Bonchev–Trinajstić information content (AvgIpc) is 2.30. The third kappa shape index (κ3) is 1.78. The summed E-state index contributed by atoms with van der Waals surface area (Å²) in [5.74, 6) is 0. The van der Waals surface area contributed by atoms with Crippen molar-refractivity contribution in [3.63, 3.8) is 0 Å². The summed E-state index contributed by atoms with van der Waals surface area (Å²) < 4.78 is 14.2. The lowest BCUT2D eigenvalue weighted by Gasteiger charge is -2.13. The normalized spacial score (nSPS) is 27.1. The molecule has 2 nitrogen and oxygen atoms in total. The summed E-state index contributed by atoms with van der Waals surface area (Å²) in [6.07, 6.45) is 1.47. The number of rotatable bonds is 2. The van der Waals surface area contributed by atoms with Crippen molar-refractivity contribution < 1.29 is 4.39 Å². The van der Waals surface area contributed by atoms with Gasteiger partial charge in [0.2, 0.25) is 0 Å². The first-order valence-electron chi connectivity index (χ1n) is 2.58. The lowest BCUT2D eigenvalue weighted by Crippen LogP contribution is -2.18. The average molecular weight is 201 g/mol. The molecule has 6 heteroatoms. The van der Waals surface area contributed by atoms with Gasteiger partial charge in [-0.05, 0) is 6.26 Å². The van der Waals surface area contributed by atoms with Crippen LogP contribution in [-0.2, 0) is 0 Å². The predicted octanol–water partition coefficient (Wildman–Crippen LogP) is 2.12. The molecular weight excluding hydrogens is 195 g/mol. The van der Waals surface area contributed by atoms with Crippen LogP contribution < -0.4 is 0 Å². The molecule has 0 radical (unpaired) electrons. The largest absolute Gasteiger partial charge is 0.247 e. The third-order valence-corrected chi connectivity index (χ3v) is 3.24. The Morgan fingerprint density at radius 2 is 2.70 bits per heavy atom. The Bertz CT molecular complexity index is 154. The molecule has 1 aliphatic rings. The van der Waals surface area contributed by atoms with E-state index in [1.165, 1.54) is 23.9 Å². The van der Waals surface area contributed by atoms with E-state index < -0.39 is 12.8 Å². The van der Waals surface area contributed by atoms with Gasteiger partial charge in [-0.2, -0.15) is 3.71 Å². The number of nitrogens with zero attached hydrogens (tertiary/aromatic N) is 2. The van der Waals surface area contributed by atoms with Crippen LogP contribution in [0.25, 0.3) is 0 Å². The molecule has 1 unspecified atom stereocenters. The zero-order valence-corrected chi connectivity index (χ0v) is 7.64. The van der Waals surface area contributed by atoms with Gasteiger partial charge in [-0.25, -0.2) is 9.38 Å². The molecule has 0 aromatic heterocycles. The molecule has 0 N–H and O–H groups in total. The highest BCUT2D eigenvalue weighted by atomic mass is 35.5. The summed E-state index contributed by atoms with van der Waals surface area (Å²) in [5.41, 5.74) is 0. The lowest BCUT2D eigenvalue weighted by atomic mass is 10.6. The van der Waals surface area contributed by atoms with Crippen LogP contribution in [0.1, 0.15) is 0 Å². The molecule has 0 fully saturated rings. The molecule has 0 spiro atoms. The summed E-state index contributed by atoms with van der Waals surface area (Å²) in [4.78, 5) is 3.83. The van der Waals surface area contributed by atoms with E-state index in [0.717, 1.165) is 0 Å². The van der Waals surface area contributed by atoms with Crippen LogP contribution in [0.15, 0.2) is 4.99 Å². The van der Waals surface area contributed by atoms with Gasteiger partial charge in [0.15, 0.2) is 10.7 Å². The van der Waals surface area contributed by atoms with Crippen LogP contribution in [0.2, 0.25) is 0 Å². The molecule has 0 saturated heterocycles. The first-order valence-corrected chi connectivity index (χ1v) is 4.92. The summed E-state index contributed by atoms with van der Waals surface area (Å²) >= 11 is 8.25. The van der Waals surface area contributed by atoms with Crippen LogP contribution in [0.5, 0.6) is 0 Å². The van der Waals surface area contributed by atoms with E-state index in [1.54, 1.807) is 3.71 Å². The zero-order chi connectivity index (χ0) is 7.56. The molecule has 0 bridgehead atoms. The number of aliphatic imine (C=N–C) groups is 1. The smallest absolute Gasteiger partial charge is 0.176 e. The van der Waals surface area contributed by atoms with Gasteiger partial charge in [0.05, 0.1) is 0 Å². The van der Waals surface area contributed by atoms with Gasteiger partial charge in [-0.1, -0.05) is 23.5 Å². The molecule has 1 rings (SSSR count). The quantitative estimate of drug-likeness (QED) is 0.635. The van der Waals surface area contributed by atoms with Gasteiger partial charge in [-0.3, -0.25) is 0 Å². The van der Waals surface area contributed by atoms with E-state index in [2.05, 4.69) is 4.99 Å². The minimum atomic E-state index is -0.482. The summed E-state index contributed by atoms with van der Waals surface area (Å²) in [7, 11) is 0. The van der Waals surface area contributed by atoms with Crippen molar-refractivity contribution in [1.29, 1.82) is 0 Å². The summed E-state index contributed by atoms with van der Waals surface area (Å²) in [6, 6.07) is 0. The molecule has 0 aliphatic carbocycles. The number of alkyl halides is 1. The fourth-order valence-corrected chi connectivity index (χ4v) is 2.43. The van der Waals surface area contributed by atoms with Crippen LogP contribution >= 0.6 is 35.5 Å². The molecule has 10 heavy (non-hydrogen) atoms. The first kappa shape index (κ1) is 8.64. The van der Waals surface area contributed by atoms with E-state index in [9.17, 15) is 4.39 Å². The minimum Gasteiger partial charge on any atom is -0.247 e. The Balaban J connectivity index is 2.52. The second-order valence-corrected chi connectivity index (χ2v) is 4.11. The molecule has 1 heterocycles. The van der Waals surface area contributed by atoms with E-state index in [4.69, 9.17) is 11.6 Å². The minimum absolute atomic E-state index is 0.396. The van der Waals surface area contributed by atoms with Gasteiger partial charge in [-0.15, -0.1) is 0 Å². The molecule has 1 atom stereocenters. The van der Waals surface area contributed by atoms with Crippen molar-refractivity contribution in [2.24, 2.45) is 4.99 Å². The maximum absolute atomic E-state index is 12.1. The van der Waals surface area contributed by atoms with Crippen LogP contribution in [0, 0.1) is 0 Å². The Labute approximate surface area is 72.5 Å². The SMILES string of the molecule is CSN1SC(Cl)=NC1CF. The lowest BCUT2D eigenvalue weighted by molar-refractivity contribution is 0.380. The van der Waals surface area contributed by atoms with E-state index in [1.807, 2.05) is 6.26 Å². The highest BCUT2D eigenvalue weighted by molar-refractivity contribution is 8.22. The topological polar surface area (TPSA) is 15.6 Å². The zero-order valence-electron chi connectivity index (χ0n) is 5.25. The van der Waals surface area contributed by atoms with Crippen molar-refractivity contribution in [3.8, 4) is 0 Å². The fourth-order valence-electron chi connectivity index (χ4n) is 0.573. The summed E-state index contributed by atoms with van der Waals surface area (Å²) in [5, 5.41) is 0. The summed E-state index contributed by atoms with van der Waals surface area (Å²) in [6.45, 7) is -0.482. The molecule has 1 aliphatic heterocycles. The third-order valence-electron chi connectivity index (χ3n) is 0.977. The first-order chi connectivity index (χ1) is 4.77. The van der Waals surface area contributed by atoms with E-state index >= 15 is 0 Å². The molecule has 58 valence electrons. The van der Waals surface area contributed by atoms with Crippen molar-refractivity contribution >= 4 is 40.0 Å². The maximum atomic E-state index is 12.1. The van der Waals surface area contributed by atoms with Crippen LogP contribution in [0.3, 0.4) is 0 Å². The molecule has 0 aromatic carbocycles. The monoisotopic (exact) mass is 200 g/mol. The number of hydrogen-bond acceptors (Lipinski definition) is 4. The Morgan fingerprint density at radius 3 is 3.10 bits per heavy atom. The highest BCUT2D eigenvalue weighted by Crippen LogP contribution is 2.32. The van der Waals surface area contributed by atoms with Crippen molar-refractivity contribution in [1.82, 2.24) is 3.71 Å². The molecular formula is C4H6ClFN2S2. The van der Waals surface area contributed by atoms with Gasteiger partial charge in [0.25, 0.3) is 0 Å². The van der Waals surface area contributed by atoms with Crippen LogP contribution in [-0.4, -0.2) is 27.3 Å². The molecule has 0 aromatic rings. The molecule has 0 amide bonds. The van der Waals surface area contributed by atoms with Crippen molar-refractivity contribution in [2.75, 3.05) is 12.9 Å². The standard InChI is InChI=1S/C4H6ClFN2S2/c1-9-8-3(2-6)7-4(5)10-8/h3H,2H2,1H3. The van der Waals surface area contributed by atoms with Crippen molar-refractivity contribution in [2.45, 2.75) is 6.17 Å². The van der Waals surface area contributed by atoms with Gasteiger partial charge < -0.3 is 0 Å². The fraction of sp³-hybridized carbons (Fsp3) is 0.750.